The van der Waals surface area contributed by atoms with E-state index in [9.17, 15) is 18.0 Å². The smallest absolute Gasteiger partial charge is 0.244 e. The molecule has 0 aliphatic rings. The summed E-state index contributed by atoms with van der Waals surface area (Å²) in [6.07, 6.45) is 1.31. The second-order valence-corrected chi connectivity index (χ2v) is 11.3. The minimum Gasteiger partial charge on any atom is -0.357 e. The number of likely N-dealkylation sites (N-methyl/N-ethyl adjacent to an activating group) is 1. The Hall–Kier alpha value is -3.36. The molecule has 3 aromatic rings. The van der Waals surface area contributed by atoms with E-state index in [1.807, 2.05) is 68.4 Å². The number of amides is 2. The Morgan fingerprint density at radius 2 is 1.59 bits per heavy atom. The van der Waals surface area contributed by atoms with Crippen LogP contribution in [0.15, 0.2) is 72.8 Å². The first-order valence-electron chi connectivity index (χ1n) is 11.8. The zero-order valence-corrected chi connectivity index (χ0v) is 23.0. The summed E-state index contributed by atoms with van der Waals surface area (Å²) in [5.41, 5.74) is 3.83. The Balaban J connectivity index is 2.03. The van der Waals surface area contributed by atoms with E-state index in [4.69, 9.17) is 11.6 Å². The molecule has 1 atom stereocenters. The quantitative estimate of drug-likeness (QED) is 0.418. The fourth-order valence-electron chi connectivity index (χ4n) is 3.96. The standard InChI is InChI=1S/C28H32ClN3O4S/c1-20-10-13-23(14-11-20)18-31(26(28(34)30-3)16-22-8-6-5-7-9-22)27(33)19-32(37(4,35)36)24-15-12-21(2)25(29)17-24/h5-15,17,26H,16,18-19H2,1-4H3,(H,30,34). The second-order valence-electron chi connectivity index (χ2n) is 9.03. The highest BCUT2D eigenvalue weighted by atomic mass is 35.5. The van der Waals surface area contributed by atoms with Crippen molar-refractivity contribution in [2.75, 3.05) is 24.2 Å². The van der Waals surface area contributed by atoms with Gasteiger partial charge in [-0.25, -0.2) is 8.42 Å². The third-order valence-electron chi connectivity index (χ3n) is 6.11. The van der Waals surface area contributed by atoms with Crippen molar-refractivity contribution in [3.8, 4) is 0 Å². The molecule has 0 radical (unpaired) electrons. The number of carbonyl (C=O) groups excluding carboxylic acids is 2. The van der Waals surface area contributed by atoms with Gasteiger partial charge in [0.15, 0.2) is 0 Å². The number of benzene rings is 3. The summed E-state index contributed by atoms with van der Waals surface area (Å²) in [5.74, 6) is -0.846. The van der Waals surface area contributed by atoms with E-state index in [1.165, 1.54) is 18.0 Å². The summed E-state index contributed by atoms with van der Waals surface area (Å²) in [7, 11) is -2.32. The maximum atomic E-state index is 13.9. The van der Waals surface area contributed by atoms with E-state index in [1.54, 1.807) is 12.1 Å². The lowest BCUT2D eigenvalue weighted by atomic mass is 10.0. The molecule has 0 spiro atoms. The molecule has 37 heavy (non-hydrogen) atoms. The van der Waals surface area contributed by atoms with Crippen LogP contribution in [0.4, 0.5) is 5.69 Å². The first kappa shape index (κ1) is 28.2. The Morgan fingerprint density at radius 3 is 2.16 bits per heavy atom. The van der Waals surface area contributed by atoms with Crippen LogP contribution >= 0.6 is 11.6 Å². The van der Waals surface area contributed by atoms with Crippen LogP contribution in [0.25, 0.3) is 0 Å². The summed E-state index contributed by atoms with van der Waals surface area (Å²) in [5, 5.41) is 3.05. The molecule has 196 valence electrons. The SMILES string of the molecule is CNC(=O)C(Cc1ccccc1)N(Cc1ccc(C)cc1)C(=O)CN(c1ccc(C)c(Cl)c1)S(C)(=O)=O. The summed E-state index contributed by atoms with van der Waals surface area (Å²) in [6.45, 7) is 3.43. The van der Waals surface area contributed by atoms with E-state index in [2.05, 4.69) is 5.32 Å². The van der Waals surface area contributed by atoms with Crippen LogP contribution in [0.3, 0.4) is 0 Å². The van der Waals surface area contributed by atoms with Crippen molar-refractivity contribution >= 4 is 39.1 Å². The van der Waals surface area contributed by atoms with E-state index in [0.29, 0.717) is 5.02 Å². The average molecular weight is 542 g/mol. The van der Waals surface area contributed by atoms with Crippen molar-refractivity contribution in [2.24, 2.45) is 0 Å². The summed E-state index contributed by atoms with van der Waals surface area (Å²) >= 11 is 6.26. The third kappa shape index (κ3) is 7.57. The van der Waals surface area contributed by atoms with Crippen molar-refractivity contribution in [3.05, 3.63) is 100 Å². The highest BCUT2D eigenvalue weighted by Gasteiger charge is 2.32. The van der Waals surface area contributed by atoms with Crippen LogP contribution in [-0.4, -0.2) is 51.0 Å². The Morgan fingerprint density at radius 1 is 0.946 bits per heavy atom. The predicted octanol–water partition coefficient (Wildman–Crippen LogP) is 4.11. The maximum absolute atomic E-state index is 13.9. The van der Waals surface area contributed by atoms with Gasteiger partial charge in [-0.3, -0.25) is 13.9 Å². The Bertz CT molecular complexity index is 1350. The molecule has 2 amide bonds. The molecule has 0 heterocycles. The molecule has 1 N–H and O–H groups in total. The van der Waals surface area contributed by atoms with Gasteiger partial charge in [0.05, 0.1) is 11.9 Å². The lowest BCUT2D eigenvalue weighted by molar-refractivity contribution is -0.139. The van der Waals surface area contributed by atoms with Crippen LogP contribution in [0.1, 0.15) is 22.3 Å². The number of nitrogens with one attached hydrogen (secondary N) is 1. The fourth-order valence-corrected chi connectivity index (χ4v) is 4.98. The fraction of sp³-hybridized carbons (Fsp3) is 0.286. The highest BCUT2D eigenvalue weighted by Crippen LogP contribution is 2.25. The van der Waals surface area contributed by atoms with Crippen molar-refractivity contribution in [1.82, 2.24) is 10.2 Å². The first-order chi connectivity index (χ1) is 17.5. The number of hydrogen-bond donors (Lipinski definition) is 1. The summed E-state index contributed by atoms with van der Waals surface area (Å²) in [4.78, 5) is 28.4. The molecule has 0 bridgehead atoms. The number of aryl methyl sites for hydroxylation is 2. The number of anilines is 1. The van der Waals surface area contributed by atoms with Crippen molar-refractivity contribution in [1.29, 1.82) is 0 Å². The topological polar surface area (TPSA) is 86.8 Å². The molecule has 3 rings (SSSR count). The normalized spacial score (nSPS) is 12.0. The molecule has 0 aliphatic heterocycles. The van der Waals surface area contributed by atoms with Gasteiger partial charge in [-0.2, -0.15) is 0 Å². The molecule has 1 unspecified atom stereocenters. The van der Waals surface area contributed by atoms with E-state index < -0.39 is 28.5 Å². The molecule has 0 saturated heterocycles. The number of carbonyl (C=O) groups is 2. The summed E-state index contributed by atoms with van der Waals surface area (Å²) in [6, 6.07) is 21.0. The van der Waals surface area contributed by atoms with Crippen LogP contribution in [0.5, 0.6) is 0 Å². The number of halogens is 1. The molecule has 9 heteroatoms. The van der Waals surface area contributed by atoms with Gasteiger partial charge in [0.1, 0.15) is 12.6 Å². The zero-order chi connectivity index (χ0) is 27.2. The van der Waals surface area contributed by atoms with Crippen LogP contribution in [0.2, 0.25) is 5.02 Å². The maximum Gasteiger partial charge on any atom is 0.244 e. The van der Waals surface area contributed by atoms with Crippen molar-refractivity contribution in [3.63, 3.8) is 0 Å². The highest BCUT2D eigenvalue weighted by molar-refractivity contribution is 7.92. The lowest BCUT2D eigenvalue weighted by Crippen LogP contribution is -2.52. The lowest BCUT2D eigenvalue weighted by Gasteiger charge is -2.33. The molecule has 0 aromatic heterocycles. The molecule has 7 nitrogen and oxygen atoms in total. The van der Waals surface area contributed by atoms with Gasteiger partial charge in [-0.1, -0.05) is 77.8 Å². The minimum atomic E-state index is -3.84. The number of hydrogen-bond acceptors (Lipinski definition) is 4. The van der Waals surface area contributed by atoms with Gasteiger partial charge in [0, 0.05) is 25.0 Å². The zero-order valence-electron chi connectivity index (χ0n) is 21.4. The molecule has 0 fully saturated rings. The molecule has 3 aromatic carbocycles. The molecular weight excluding hydrogens is 510 g/mol. The molecular formula is C28H32ClN3O4S. The van der Waals surface area contributed by atoms with Gasteiger partial charge in [-0.05, 0) is 42.7 Å². The van der Waals surface area contributed by atoms with E-state index >= 15 is 0 Å². The van der Waals surface area contributed by atoms with Crippen LogP contribution in [0, 0.1) is 13.8 Å². The summed E-state index contributed by atoms with van der Waals surface area (Å²) < 4.78 is 26.6. The monoisotopic (exact) mass is 541 g/mol. The number of nitrogens with zero attached hydrogens (tertiary/aromatic N) is 2. The number of sulfonamides is 1. The van der Waals surface area contributed by atoms with Crippen molar-refractivity contribution in [2.45, 2.75) is 32.9 Å². The van der Waals surface area contributed by atoms with Gasteiger partial charge < -0.3 is 10.2 Å². The average Bonchev–Trinajstić information content (AvgIpc) is 2.87. The third-order valence-corrected chi connectivity index (χ3v) is 7.66. The Labute approximate surface area is 224 Å². The largest absolute Gasteiger partial charge is 0.357 e. The van der Waals surface area contributed by atoms with Crippen LogP contribution < -0.4 is 9.62 Å². The minimum absolute atomic E-state index is 0.135. The van der Waals surface area contributed by atoms with E-state index in [0.717, 1.165) is 32.8 Å². The van der Waals surface area contributed by atoms with Gasteiger partial charge in [0.2, 0.25) is 21.8 Å². The van der Waals surface area contributed by atoms with Crippen LogP contribution in [-0.2, 0) is 32.6 Å². The number of rotatable bonds is 10. The molecule has 0 saturated carbocycles. The first-order valence-corrected chi connectivity index (χ1v) is 14.1. The van der Waals surface area contributed by atoms with Gasteiger partial charge in [0.25, 0.3) is 0 Å². The molecule has 0 aliphatic carbocycles. The Kier molecular flexibility index (Phi) is 9.34. The van der Waals surface area contributed by atoms with Crippen molar-refractivity contribution < 1.29 is 18.0 Å². The second kappa shape index (κ2) is 12.3. The predicted molar refractivity (Wildman–Crippen MR) is 148 cm³/mol. The van der Waals surface area contributed by atoms with Gasteiger partial charge >= 0.3 is 0 Å². The van der Waals surface area contributed by atoms with E-state index in [-0.39, 0.29) is 24.6 Å². The van der Waals surface area contributed by atoms with Gasteiger partial charge in [-0.15, -0.1) is 0 Å².